The summed E-state index contributed by atoms with van der Waals surface area (Å²) >= 11 is 0. The van der Waals surface area contributed by atoms with E-state index in [2.05, 4.69) is 4.98 Å². The van der Waals surface area contributed by atoms with Gasteiger partial charge in [0.1, 0.15) is 11.7 Å². The number of nitrogens with zero attached hydrogens (tertiary/aromatic N) is 2. The molecule has 0 unspecified atom stereocenters. The van der Waals surface area contributed by atoms with Crippen molar-refractivity contribution in [1.82, 2.24) is 4.98 Å². The zero-order valence-electron chi connectivity index (χ0n) is 11.3. The maximum atomic E-state index is 9.76. The van der Waals surface area contributed by atoms with Gasteiger partial charge in [-0.1, -0.05) is 12.1 Å². The van der Waals surface area contributed by atoms with Crippen LogP contribution in [0.3, 0.4) is 0 Å². The second-order valence-electron chi connectivity index (χ2n) is 4.54. The fraction of sp³-hybridized carbons (Fsp3) is 0.125. The van der Waals surface area contributed by atoms with Gasteiger partial charge in [-0.25, -0.2) is 4.98 Å². The van der Waals surface area contributed by atoms with Gasteiger partial charge in [0, 0.05) is 11.8 Å². The number of para-hydroxylation sites is 1. The summed E-state index contributed by atoms with van der Waals surface area (Å²) < 4.78 is 11.2. The first-order chi connectivity index (χ1) is 10.2. The van der Waals surface area contributed by atoms with Gasteiger partial charge in [0.2, 0.25) is 11.6 Å². The molecule has 5 nitrogen and oxygen atoms in total. The van der Waals surface area contributed by atoms with E-state index in [0.29, 0.717) is 22.3 Å². The minimum absolute atomic E-state index is 0.0818. The molecule has 3 aromatic rings. The highest BCUT2D eigenvalue weighted by atomic mass is 16.5. The monoisotopic (exact) mass is 280 g/mol. The van der Waals surface area contributed by atoms with Crippen molar-refractivity contribution in [3.05, 3.63) is 53.9 Å². The molecule has 0 aliphatic carbocycles. The topological polar surface area (TPSA) is 79.3 Å². The number of pyridine rings is 1. The van der Waals surface area contributed by atoms with E-state index in [1.165, 1.54) is 0 Å². The highest BCUT2D eigenvalue weighted by Gasteiger charge is 2.19. The first-order valence-electron chi connectivity index (χ1n) is 6.43. The van der Waals surface area contributed by atoms with E-state index in [-0.39, 0.29) is 11.6 Å². The Hall–Kier alpha value is -2.84. The molecular formula is C16H12N2O3. The molecule has 0 aliphatic rings. The smallest absolute Gasteiger partial charge is 0.247 e. The van der Waals surface area contributed by atoms with Gasteiger partial charge in [0.15, 0.2) is 5.75 Å². The van der Waals surface area contributed by atoms with Gasteiger partial charge in [-0.15, -0.1) is 0 Å². The number of hydrogen-bond donors (Lipinski definition) is 1. The van der Waals surface area contributed by atoms with E-state index in [1.54, 1.807) is 37.4 Å². The summed E-state index contributed by atoms with van der Waals surface area (Å²) in [6, 6.07) is 12.6. The summed E-state index contributed by atoms with van der Waals surface area (Å²) in [5, 5.41) is 19.6. The number of aliphatic hydroxyl groups is 1. The Morgan fingerprint density at radius 1 is 1.29 bits per heavy atom. The van der Waals surface area contributed by atoms with Gasteiger partial charge in [-0.3, -0.25) is 0 Å². The molecule has 2 aromatic heterocycles. The highest BCUT2D eigenvalue weighted by Crippen LogP contribution is 2.37. The van der Waals surface area contributed by atoms with Crippen molar-refractivity contribution < 1.29 is 14.3 Å². The van der Waals surface area contributed by atoms with Crippen LogP contribution in [0, 0.1) is 11.3 Å². The molecule has 1 aromatic carbocycles. The highest BCUT2D eigenvalue weighted by molar-refractivity contribution is 5.86. The molecule has 0 saturated carbocycles. The molecule has 5 heteroatoms. The number of nitriles is 1. The number of aromatic nitrogens is 1. The number of hydrogen-bond acceptors (Lipinski definition) is 5. The summed E-state index contributed by atoms with van der Waals surface area (Å²) in [6.45, 7) is 1.63. The van der Waals surface area contributed by atoms with E-state index < -0.39 is 6.10 Å². The van der Waals surface area contributed by atoms with Gasteiger partial charge in [-0.05, 0) is 31.2 Å². The summed E-state index contributed by atoms with van der Waals surface area (Å²) in [6.07, 6.45) is 0.840. The van der Waals surface area contributed by atoms with Crippen LogP contribution in [-0.2, 0) is 0 Å². The lowest BCUT2D eigenvalue weighted by Gasteiger charge is -2.10. The first-order valence-corrected chi connectivity index (χ1v) is 6.43. The maximum absolute atomic E-state index is 9.76. The van der Waals surface area contributed by atoms with Crippen LogP contribution in [0.25, 0.3) is 11.0 Å². The van der Waals surface area contributed by atoms with Crippen LogP contribution < -0.4 is 4.74 Å². The Morgan fingerprint density at radius 3 is 2.86 bits per heavy atom. The molecule has 0 aliphatic heterocycles. The van der Waals surface area contributed by atoms with Crippen molar-refractivity contribution in [2.45, 2.75) is 13.0 Å². The number of benzene rings is 1. The summed E-state index contributed by atoms with van der Waals surface area (Å²) in [5.74, 6) is 0.655. The van der Waals surface area contributed by atoms with Gasteiger partial charge in [-0.2, -0.15) is 5.26 Å². The fourth-order valence-corrected chi connectivity index (χ4v) is 2.10. The second kappa shape index (κ2) is 5.27. The van der Waals surface area contributed by atoms with Crippen molar-refractivity contribution >= 4 is 11.0 Å². The Labute approximate surface area is 121 Å². The fourth-order valence-electron chi connectivity index (χ4n) is 2.10. The lowest BCUT2D eigenvalue weighted by atomic mass is 10.2. The molecule has 0 amide bonds. The normalized spacial score (nSPS) is 12.0. The quantitative estimate of drug-likeness (QED) is 0.793. The van der Waals surface area contributed by atoms with E-state index in [0.717, 1.165) is 0 Å². The molecule has 0 saturated heterocycles. The minimum Gasteiger partial charge on any atom is -0.442 e. The molecule has 2 heterocycles. The van der Waals surface area contributed by atoms with Crippen molar-refractivity contribution in [3.8, 4) is 17.7 Å². The summed E-state index contributed by atoms with van der Waals surface area (Å²) in [7, 11) is 0. The summed E-state index contributed by atoms with van der Waals surface area (Å²) in [4.78, 5) is 4.12. The zero-order valence-corrected chi connectivity index (χ0v) is 11.3. The van der Waals surface area contributed by atoms with E-state index in [1.807, 2.05) is 18.2 Å². The Morgan fingerprint density at radius 2 is 2.10 bits per heavy atom. The van der Waals surface area contributed by atoms with Crippen LogP contribution >= 0.6 is 0 Å². The average Bonchev–Trinajstić information content (AvgIpc) is 2.86. The third-order valence-electron chi connectivity index (χ3n) is 3.10. The first kappa shape index (κ1) is 13.2. The van der Waals surface area contributed by atoms with Crippen LogP contribution in [0.1, 0.15) is 24.4 Å². The van der Waals surface area contributed by atoms with E-state index in [9.17, 15) is 10.4 Å². The van der Waals surface area contributed by atoms with Gasteiger partial charge in [0.25, 0.3) is 0 Å². The maximum Gasteiger partial charge on any atom is 0.247 e. The van der Waals surface area contributed by atoms with Crippen LogP contribution in [-0.4, -0.2) is 10.1 Å². The van der Waals surface area contributed by atoms with Crippen molar-refractivity contribution in [3.63, 3.8) is 0 Å². The van der Waals surface area contributed by atoms with Crippen LogP contribution in [0.2, 0.25) is 0 Å². The Bertz CT molecular complexity index is 831. The van der Waals surface area contributed by atoms with Crippen molar-refractivity contribution in [2.75, 3.05) is 0 Å². The molecule has 0 fully saturated rings. The van der Waals surface area contributed by atoms with E-state index >= 15 is 0 Å². The largest absolute Gasteiger partial charge is 0.442 e. The molecule has 104 valence electrons. The Kier molecular flexibility index (Phi) is 3.30. The predicted octanol–water partition coefficient (Wildman–Crippen LogP) is 3.55. The molecule has 3 rings (SSSR count). The van der Waals surface area contributed by atoms with Crippen LogP contribution in [0.5, 0.6) is 11.6 Å². The predicted molar refractivity (Wildman–Crippen MR) is 75.9 cm³/mol. The molecule has 1 atom stereocenters. The van der Waals surface area contributed by atoms with Gasteiger partial charge < -0.3 is 14.3 Å². The number of ether oxygens (including phenoxy) is 1. The van der Waals surface area contributed by atoms with E-state index in [4.69, 9.17) is 9.15 Å². The average molecular weight is 280 g/mol. The second-order valence-corrected chi connectivity index (χ2v) is 4.54. The molecular weight excluding hydrogens is 268 g/mol. The third kappa shape index (κ3) is 2.33. The van der Waals surface area contributed by atoms with Gasteiger partial charge >= 0.3 is 0 Å². The molecule has 0 bridgehead atoms. The number of furan rings is 1. The lowest BCUT2D eigenvalue weighted by Crippen LogP contribution is -1.98. The SMILES string of the molecule is C[C@@H](O)c1cccnc1Oc1c(C#N)oc2ccccc12. The lowest BCUT2D eigenvalue weighted by molar-refractivity contribution is 0.194. The summed E-state index contributed by atoms with van der Waals surface area (Å²) in [5.41, 5.74) is 1.12. The third-order valence-corrected chi connectivity index (χ3v) is 3.10. The number of rotatable bonds is 3. The molecule has 1 N–H and O–H groups in total. The van der Waals surface area contributed by atoms with Crippen molar-refractivity contribution in [1.29, 1.82) is 5.26 Å². The number of fused-ring (bicyclic) bond motifs is 1. The van der Waals surface area contributed by atoms with Crippen LogP contribution in [0.15, 0.2) is 47.0 Å². The Balaban J connectivity index is 2.13. The van der Waals surface area contributed by atoms with Crippen LogP contribution in [0.4, 0.5) is 0 Å². The van der Waals surface area contributed by atoms with Crippen molar-refractivity contribution in [2.24, 2.45) is 0 Å². The number of aliphatic hydroxyl groups excluding tert-OH is 1. The minimum atomic E-state index is -0.725. The van der Waals surface area contributed by atoms with Gasteiger partial charge in [0.05, 0.1) is 11.5 Å². The standard InChI is InChI=1S/C16H12N2O3/c1-10(19)11-6-4-8-18-16(11)21-15-12-5-2-3-7-13(12)20-14(15)9-17/h2-8,10,19H,1H3/t10-/m1/s1. The zero-order chi connectivity index (χ0) is 14.8. The molecule has 0 radical (unpaired) electrons. The molecule has 0 spiro atoms. The molecule has 21 heavy (non-hydrogen) atoms.